The predicted octanol–water partition coefficient (Wildman–Crippen LogP) is -1.60. The molecule has 29 heavy (non-hydrogen) atoms. The molecule has 2 heterocycles. The average Bonchev–Trinajstić information content (AvgIpc) is 2.71. The van der Waals surface area contributed by atoms with Crippen LogP contribution in [0.4, 0.5) is 0 Å². The summed E-state index contributed by atoms with van der Waals surface area (Å²) < 4.78 is 10.9. The van der Waals surface area contributed by atoms with Gasteiger partial charge in [0.05, 0.1) is 12.6 Å². The van der Waals surface area contributed by atoms with Gasteiger partial charge < -0.3 is 35.2 Å². The van der Waals surface area contributed by atoms with E-state index in [4.69, 9.17) is 14.6 Å². The van der Waals surface area contributed by atoms with Crippen molar-refractivity contribution >= 4 is 11.9 Å². The van der Waals surface area contributed by atoms with Gasteiger partial charge in [-0.3, -0.25) is 4.79 Å². The van der Waals surface area contributed by atoms with Crippen LogP contribution in [0.15, 0.2) is 36.2 Å². The summed E-state index contributed by atoms with van der Waals surface area (Å²) in [6.45, 7) is 0.299. The van der Waals surface area contributed by atoms with E-state index in [1.54, 1.807) is 24.4 Å². The Kier molecular flexibility index (Phi) is 8.11. The molecule has 1 aromatic heterocycles. The van der Waals surface area contributed by atoms with E-state index < -0.39 is 54.7 Å². The molecule has 0 fully saturated rings. The summed E-state index contributed by atoms with van der Waals surface area (Å²) in [5.74, 6) is 3.06. The lowest BCUT2D eigenvalue weighted by Gasteiger charge is -2.39. The molecule has 0 aliphatic carbocycles. The van der Waals surface area contributed by atoms with Crippen LogP contribution < -0.4 is 5.32 Å². The maximum absolute atomic E-state index is 11.6. The Morgan fingerprint density at radius 3 is 2.72 bits per heavy atom. The first kappa shape index (κ1) is 22.3. The van der Waals surface area contributed by atoms with Crippen molar-refractivity contribution in [1.29, 1.82) is 0 Å². The maximum Gasteiger partial charge on any atom is 0.370 e. The minimum Gasteiger partial charge on any atom is -0.478 e. The van der Waals surface area contributed by atoms with Crippen LogP contribution >= 0.6 is 0 Å². The van der Waals surface area contributed by atoms with Crippen LogP contribution in [0.1, 0.15) is 12.6 Å². The summed E-state index contributed by atoms with van der Waals surface area (Å²) in [6.07, 6.45) is -3.00. The number of aromatic nitrogens is 1. The van der Waals surface area contributed by atoms with E-state index in [1.165, 1.54) is 6.92 Å². The highest BCUT2D eigenvalue weighted by Crippen LogP contribution is 2.24. The molecular formula is C19H22N2O8. The molecule has 10 heteroatoms. The molecule has 0 saturated carbocycles. The molecule has 1 aliphatic rings. The summed E-state index contributed by atoms with van der Waals surface area (Å²) in [6, 6.07) is 4.17. The molecule has 0 radical (unpaired) electrons. The fourth-order valence-corrected chi connectivity index (χ4v) is 2.68. The van der Waals surface area contributed by atoms with Crippen molar-refractivity contribution in [2.24, 2.45) is 0 Å². The van der Waals surface area contributed by atoms with Crippen LogP contribution in [0.25, 0.3) is 0 Å². The molecule has 5 atom stereocenters. The van der Waals surface area contributed by atoms with Crippen molar-refractivity contribution < 1.29 is 39.5 Å². The second-order valence-electron chi connectivity index (χ2n) is 6.18. The molecule has 5 N–H and O–H groups in total. The number of nitrogens with one attached hydrogen (secondary N) is 1. The normalized spacial score (nSPS) is 22.9. The third-order valence-corrected chi connectivity index (χ3v) is 4.01. The summed E-state index contributed by atoms with van der Waals surface area (Å²) in [4.78, 5) is 27.0. The quantitative estimate of drug-likeness (QED) is 0.336. The van der Waals surface area contributed by atoms with Gasteiger partial charge in [0.1, 0.15) is 30.6 Å². The first-order chi connectivity index (χ1) is 13.8. The summed E-state index contributed by atoms with van der Waals surface area (Å²) in [7, 11) is 0. The van der Waals surface area contributed by atoms with Gasteiger partial charge in [-0.1, -0.05) is 12.0 Å². The number of carbonyl (C=O) groups excluding carboxylic acids is 1. The van der Waals surface area contributed by atoms with Crippen LogP contribution in [-0.4, -0.2) is 81.0 Å². The van der Waals surface area contributed by atoms with E-state index in [9.17, 15) is 24.9 Å². The van der Waals surface area contributed by atoms with Gasteiger partial charge in [-0.25, -0.2) is 9.78 Å². The molecule has 0 saturated heterocycles. The number of ether oxygens (including phenoxy) is 2. The second kappa shape index (κ2) is 10.5. The first-order valence-electron chi connectivity index (χ1n) is 8.70. The van der Waals surface area contributed by atoms with Gasteiger partial charge >= 0.3 is 5.97 Å². The lowest BCUT2D eigenvalue weighted by Crippen LogP contribution is -2.60. The molecule has 10 nitrogen and oxygen atoms in total. The van der Waals surface area contributed by atoms with Crippen molar-refractivity contribution in [1.82, 2.24) is 10.3 Å². The summed E-state index contributed by atoms with van der Waals surface area (Å²) in [5.41, 5.74) is 0.516. The molecule has 156 valence electrons. The van der Waals surface area contributed by atoms with E-state index in [2.05, 4.69) is 22.1 Å². The number of hydrogen-bond donors (Lipinski definition) is 5. The Bertz CT molecular complexity index is 801. The molecule has 0 unspecified atom stereocenters. The number of aliphatic hydroxyl groups is 3. The van der Waals surface area contributed by atoms with Crippen LogP contribution in [-0.2, 0) is 19.1 Å². The van der Waals surface area contributed by atoms with Crippen LogP contribution in [0.5, 0.6) is 0 Å². The summed E-state index contributed by atoms with van der Waals surface area (Å²) in [5, 5.41) is 40.9. The van der Waals surface area contributed by atoms with E-state index in [0.717, 1.165) is 6.08 Å². The number of carboxylic acid groups (broad SMARTS) is 1. The fourth-order valence-electron chi connectivity index (χ4n) is 2.68. The van der Waals surface area contributed by atoms with Crippen LogP contribution in [0.3, 0.4) is 0 Å². The number of aliphatic hydroxyl groups excluding tert-OH is 3. The molecule has 1 aliphatic heterocycles. The smallest absolute Gasteiger partial charge is 0.370 e. The highest BCUT2D eigenvalue weighted by molar-refractivity contribution is 5.84. The van der Waals surface area contributed by atoms with Crippen molar-refractivity contribution in [3.8, 4) is 11.8 Å². The molecule has 2 rings (SSSR count). The first-order valence-corrected chi connectivity index (χ1v) is 8.70. The maximum atomic E-state index is 11.6. The Hall–Kier alpha value is -2.97. The van der Waals surface area contributed by atoms with Crippen molar-refractivity contribution in [2.75, 3.05) is 13.2 Å². The van der Waals surface area contributed by atoms with Crippen LogP contribution in [0.2, 0.25) is 0 Å². The minimum atomic E-state index is -1.69. The second-order valence-corrected chi connectivity index (χ2v) is 6.18. The van der Waals surface area contributed by atoms with Gasteiger partial charge in [0, 0.05) is 13.1 Å². The zero-order valence-electron chi connectivity index (χ0n) is 15.6. The minimum absolute atomic E-state index is 0.133. The average molecular weight is 406 g/mol. The third-order valence-electron chi connectivity index (χ3n) is 4.01. The fraction of sp³-hybridized carbons (Fsp3) is 0.421. The molecule has 0 aromatic carbocycles. The Balaban J connectivity index is 2.23. The number of aliphatic carboxylic acids is 1. The number of carboxylic acids is 1. The molecule has 0 spiro atoms. The zero-order chi connectivity index (χ0) is 21.4. The SMILES string of the molecule is CC(=O)N[C@H]1[C@H]([C@H](O)[C@H](O)CO)OC(C(=O)O)=C[C@@H]1OCC#Cc1ccccn1. The lowest BCUT2D eigenvalue weighted by molar-refractivity contribution is -0.151. The van der Waals surface area contributed by atoms with Crippen molar-refractivity contribution in [2.45, 2.75) is 37.4 Å². The largest absolute Gasteiger partial charge is 0.478 e. The Morgan fingerprint density at radius 2 is 2.14 bits per heavy atom. The number of rotatable bonds is 7. The predicted molar refractivity (Wildman–Crippen MR) is 98.2 cm³/mol. The number of nitrogens with zero attached hydrogens (tertiary/aromatic N) is 1. The number of hydrogen-bond acceptors (Lipinski definition) is 8. The van der Waals surface area contributed by atoms with Crippen molar-refractivity contribution in [3.63, 3.8) is 0 Å². The van der Waals surface area contributed by atoms with Crippen LogP contribution in [0, 0.1) is 11.8 Å². The number of amides is 1. The molecule has 1 aromatic rings. The summed E-state index contributed by atoms with van der Waals surface area (Å²) >= 11 is 0. The molecular weight excluding hydrogens is 384 g/mol. The highest BCUT2D eigenvalue weighted by Gasteiger charge is 2.44. The standard InChI is InChI=1S/C19H22N2O8/c1-11(23)21-16-14(28-8-4-6-12-5-2-3-7-20-12)9-15(19(26)27)29-18(16)17(25)13(24)10-22/h2-3,5,7,9,13-14,16-18,22,24-25H,8,10H2,1H3,(H,21,23)(H,26,27)/t13-,14+,16-,17-,18-/m1/s1. The van der Waals surface area contributed by atoms with Crippen molar-refractivity contribution in [3.05, 3.63) is 41.9 Å². The Morgan fingerprint density at radius 1 is 1.38 bits per heavy atom. The van der Waals surface area contributed by atoms with E-state index in [0.29, 0.717) is 5.69 Å². The van der Waals surface area contributed by atoms with Gasteiger partial charge in [0.25, 0.3) is 0 Å². The Labute approximate surface area is 166 Å². The third kappa shape index (κ3) is 6.27. The molecule has 0 bridgehead atoms. The monoisotopic (exact) mass is 406 g/mol. The van der Waals surface area contributed by atoms with Gasteiger partial charge in [0.15, 0.2) is 6.10 Å². The topological polar surface area (TPSA) is 158 Å². The zero-order valence-corrected chi connectivity index (χ0v) is 15.6. The van der Waals surface area contributed by atoms with E-state index in [-0.39, 0.29) is 6.61 Å². The number of pyridine rings is 1. The van der Waals surface area contributed by atoms with E-state index >= 15 is 0 Å². The van der Waals surface area contributed by atoms with Gasteiger partial charge in [0.2, 0.25) is 11.7 Å². The number of carbonyl (C=O) groups is 2. The lowest BCUT2D eigenvalue weighted by atomic mass is 9.93. The van der Waals surface area contributed by atoms with Gasteiger partial charge in [-0.2, -0.15) is 0 Å². The van der Waals surface area contributed by atoms with E-state index in [1.807, 2.05) is 0 Å². The highest BCUT2D eigenvalue weighted by atomic mass is 16.5. The van der Waals surface area contributed by atoms with Gasteiger partial charge in [-0.15, -0.1) is 0 Å². The van der Waals surface area contributed by atoms with Gasteiger partial charge in [-0.05, 0) is 24.1 Å². The molecule has 1 amide bonds.